The highest BCUT2D eigenvalue weighted by atomic mass is 16.2. The predicted octanol–water partition coefficient (Wildman–Crippen LogP) is 3.93. The number of urea groups is 1. The lowest BCUT2D eigenvalue weighted by Gasteiger charge is -2.33. The number of carbonyl (C=O) groups excluding carboxylic acids is 3. The molecule has 1 atom stereocenters. The second kappa shape index (κ2) is 10.1. The molecule has 3 amide bonds. The highest BCUT2D eigenvalue weighted by Gasteiger charge is 2.25. The van der Waals surface area contributed by atoms with Gasteiger partial charge in [-0.25, -0.2) is 4.79 Å². The maximum atomic E-state index is 12.9. The molecule has 1 aliphatic heterocycles. The van der Waals surface area contributed by atoms with Crippen molar-refractivity contribution in [3.8, 4) is 0 Å². The van der Waals surface area contributed by atoms with Gasteiger partial charge in [-0.2, -0.15) is 0 Å². The first-order chi connectivity index (χ1) is 14.5. The fourth-order valence-corrected chi connectivity index (χ4v) is 3.59. The van der Waals surface area contributed by atoms with E-state index in [4.69, 9.17) is 0 Å². The van der Waals surface area contributed by atoms with Crippen LogP contribution in [0.5, 0.6) is 0 Å². The van der Waals surface area contributed by atoms with Gasteiger partial charge in [-0.3, -0.25) is 9.59 Å². The van der Waals surface area contributed by atoms with E-state index in [0.717, 1.165) is 12.8 Å². The third-order valence-electron chi connectivity index (χ3n) is 5.34. The summed E-state index contributed by atoms with van der Waals surface area (Å²) >= 11 is 0. The first-order valence-electron chi connectivity index (χ1n) is 10.5. The number of benzene rings is 2. The molecule has 6 nitrogen and oxygen atoms in total. The van der Waals surface area contributed by atoms with E-state index < -0.39 is 0 Å². The highest BCUT2D eigenvalue weighted by Crippen LogP contribution is 2.22. The molecule has 3 rings (SSSR count). The number of nitrogens with one attached hydrogen (secondary N) is 2. The second-order valence-electron chi connectivity index (χ2n) is 8.03. The molecule has 30 heavy (non-hydrogen) atoms. The average molecular weight is 408 g/mol. The fraction of sp³-hybridized carbons (Fsp3) is 0.375. The van der Waals surface area contributed by atoms with Crippen LogP contribution in [0.3, 0.4) is 0 Å². The number of amides is 3. The molecule has 2 N–H and O–H groups in total. The molecule has 6 heteroatoms. The first kappa shape index (κ1) is 21.6. The summed E-state index contributed by atoms with van der Waals surface area (Å²) in [5, 5.41) is 5.87. The van der Waals surface area contributed by atoms with E-state index in [1.54, 1.807) is 41.3 Å². The van der Waals surface area contributed by atoms with Crippen molar-refractivity contribution >= 4 is 23.4 Å². The number of rotatable bonds is 6. The molecule has 1 unspecified atom stereocenters. The molecule has 1 saturated heterocycles. The van der Waals surface area contributed by atoms with Gasteiger partial charge in [0, 0.05) is 36.7 Å². The Kier molecular flexibility index (Phi) is 7.22. The Morgan fingerprint density at radius 3 is 2.47 bits per heavy atom. The number of para-hydroxylation sites is 1. The Balaban J connectivity index is 1.65. The Bertz CT molecular complexity index is 896. The standard InChI is InChI=1S/C24H29N3O3/c1-17(2)23(29)25-15-18-9-8-14-27(16-18)24(30)26-21-13-7-6-12-20(21)22(28)19-10-4-3-5-11-19/h3-7,10-13,17-18H,8-9,14-16H2,1-2H3,(H,25,29)(H,26,30). The summed E-state index contributed by atoms with van der Waals surface area (Å²) in [6.45, 7) is 5.55. The summed E-state index contributed by atoms with van der Waals surface area (Å²) in [4.78, 5) is 39.4. The monoisotopic (exact) mass is 407 g/mol. The van der Waals surface area contributed by atoms with Crippen molar-refractivity contribution in [2.75, 3.05) is 25.0 Å². The molecule has 1 aliphatic rings. The Hall–Kier alpha value is -3.15. The quantitative estimate of drug-likeness (QED) is 0.712. The van der Waals surface area contributed by atoms with Crippen molar-refractivity contribution in [3.63, 3.8) is 0 Å². The molecule has 0 bridgehead atoms. The summed E-state index contributed by atoms with van der Waals surface area (Å²) in [7, 11) is 0. The largest absolute Gasteiger partial charge is 0.356 e. The summed E-state index contributed by atoms with van der Waals surface area (Å²) in [6.07, 6.45) is 1.87. The van der Waals surface area contributed by atoms with Gasteiger partial charge in [-0.05, 0) is 30.9 Å². The molecule has 0 spiro atoms. The molecular formula is C24H29N3O3. The molecular weight excluding hydrogens is 378 g/mol. The number of nitrogens with zero attached hydrogens (tertiary/aromatic N) is 1. The van der Waals surface area contributed by atoms with Gasteiger partial charge in [0.25, 0.3) is 0 Å². The van der Waals surface area contributed by atoms with Crippen LogP contribution >= 0.6 is 0 Å². The fourth-order valence-electron chi connectivity index (χ4n) is 3.59. The Morgan fingerprint density at radius 1 is 1.03 bits per heavy atom. The van der Waals surface area contributed by atoms with E-state index in [1.165, 1.54) is 0 Å². The van der Waals surface area contributed by atoms with Crippen molar-refractivity contribution in [1.29, 1.82) is 0 Å². The lowest BCUT2D eigenvalue weighted by molar-refractivity contribution is -0.124. The van der Waals surface area contributed by atoms with E-state index in [-0.39, 0.29) is 29.6 Å². The van der Waals surface area contributed by atoms with Crippen molar-refractivity contribution in [1.82, 2.24) is 10.2 Å². The van der Waals surface area contributed by atoms with Gasteiger partial charge < -0.3 is 15.5 Å². The van der Waals surface area contributed by atoms with E-state index in [2.05, 4.69) is 10.6 Å². The zero-order valence-electron chi connectivity index (χ0n) is 17.6. The minimum absolute atomic E-state index is 0.0323. The topological polar surface area (TPSA) is 78.5 Å². The van der Waals surface area contributed by atoms with Gasteiger partial charge in [-0.1, -0.05) is 56.3 Å². The van der Waals surface area contributed by atoms with Crippen LogP contribution in [-0.2, 0) is 4.79 Å². The van der Waals surface area contributed by atoms with Crippen LogP contribution in [0.15, 0.2) is 54.6 Å². The third kappa shape index (κ3) is 5.47. The van der Waals surface area contributed by atoms with E-state index in [1.807, 2.05) is 32.0 Å². The van der Waals surface area contributed by atoms with E-state index in [0.29, 0.717) is 36.4 Å². The minimum Gasteiger partial charge on any atom is -0.356 e. The number of hydrogen-bond acceptors (Lipinski definition) is 3. The van der Waals surface area contributed by atoms with Gasteiger partial charge >= 0.3 is 6.03 Å². The highest BCUT2D eigenvalue weighted by molar-refractivity contribution is 6.13. The maximum absolute atomic E-state index is 12.9. The molecule has 0 saturated carbocycles. The lowest BCUT2D eigenvalue weighted by atomic mass is 9.98. The van der Waals surface area contributed by atoms with Crippen LogP contribution in [0.1, 0.15) is 42.6 Å². The lowest BCUT2D eigenvalue weighted by Crippen LogP contribution is -2.45. The Labute approximate surface area is 177 Å². The zero-order valence-corrected chi connectivity index (χ0v) is 17.6. The number of ketones is 1. The minimum atomic E-state index is -0.219. The number of hydrogen-bond donors (Lipinski definition) is 2. The van der Waals surface area contributed by atoms with Crippen molar-refractivity contribution in [2.24, 2.45) is 11.8 Å². The van der Waals surface area contributed by atoms with Crippen LogP contribution in [0.4, 0.5) is 10.5 Å². The van der Waals surface area contributed by atoms with Crippen LogP contribution < -0.4 is 10.6 Å². The average Bonchev–Trinajstić information content (AvgIpc) is 2.78. The predicted molar refractivity (Wildman–Crippen MR) is 117 cm³/mol. The van der Waals surface area contributed by atoms with E-state index in [9.17, 15) is 14.4 Å². The molecule has 1 heterocycles. The summed E-state index contributed by atoms with van der Waals surface area (Å²) < 4.78 is 0. The molecule has 0 aromatic heterocycles. The molecule has 0 aliphatic carbocycles. The molecule has 158 valence electrons. The Morgan fingerprint density at radius 2 is 1.73 bits per heavy atom. The number of piperidine rings is 1. The number of likely N-dealkylation sites (tertiary alicyclic amines) is 1. The molecule has 0 radical (unpaired) electrons. The second-order valence-corrected chi connectivity index (χ2v) is 8.03. The van der Waals surface area contributed by atoms with Gasteiger partial charge in [0.2, 0.25) is 5.91 Å². The van der Waals surface area contributed by atoms with Crippen LogP contribution in [0.25, 0.3) is 0 Å². The molecule has 1 fully saturated rings. The third-order valence-corrected chi connectivity index (χ3v) is 5.34. The van der Waals surface area contributed by atoms with Crippen molar-refractivity contribution in [3.05, 3.63) is 65.7 Å². The smallest absolute Gasteiger partial charge is 0.321 e. The summed E-state index contributed by atoms with van der Waals surface area (Å²) in [5.41, 5.74) is 1.56. The van der Waals surface area contributed by atoms with Gasteiger partial charge in [0.05, 0.1) is 5.69 Å². The van der Waals surface area contributed by atoms with Crippen molar-refractivity contribution in [2.45, 2.75) is 26.7 Å². The van der Waals surface area contributed by atoms with E-state index >= 15 is 0 Å². The van der Waals surface area contributed by atoms with Crippen LogP contribution in [0.2, 0.25) is 0 Å². The van der Waals surface area contributed by atoms with Crippen LogP contribution in [0, 0.1) is 11.8 Å². The SMILES string of the molecule is CC(C)C(=O)NCC1CCCN(C(=O)Nc2ccccc2C(=O)c2ccccc2)C1. The number of anilines is 1. The number of carbonyl (C=O) groups is 3. The van der Waals surface area contributed by atoms with Gasteiger partial charge in [-0.15, -0.1) is 0 Å². The normalized spacial score (nSPS) is 16.2. The molecule has 2 aromatic rings. The van der Waals surface area contributed by atoms with Crippen LogP contribution in [-0.4, -0.2) is 42.3 Å². The maximum Gasteiger partial charge on any atom is 0.321 e. The zero-order chi connectivity index (χ0) is 21.5. The van der Waals surface area contributed by atoms with Crippen molar-refractivity contribution < 1.29 is 14.4 Å². The van der Waals surface area contributed by atoms with Gasteiger partial charge in [0.15, 0.2) is 5.78 Å². The summed E-state index contributed by atoms with van der Waals surface area (Å²) in [5.74, 6) is 0.0874. The summed E-state index contributed by atoms with van der Waals surface area (Å²) in [6, 6.07) is 15.9. The molecule has 2 aromatic carbocycles. The first-order valence-corrected chi connectivity index (χ1v) is 10.5. The van der Waals surface area contributed by atoms with Gasteiger partial charge in [0.1, 0.15) is 0 Å².